The predicted molar refractivity (Wildman–Crippen MR) is 111 cm³/mol. The van der Waals surface area contributed by atoms with Crippen LogP contribution in [0.25, 0.3) is 0 Å². The second-order valence-electron chi connectivity index (χ2n) is 7.98. The molecule has 0 radical (unpaired) electrons. The lowest BCUT2D eigenvalue weighted by Gasteiger charge is -2.38. The Kier molecular flexibility index (Phi) is 5.53. The van der Waals surface area contributed by atoms with Gasteiger partial charge in [-0.2, -0.15) is 0 Å². The zero-order valence-electron chi connectivity index (χ0n) is 16.6. The van der Waals surface area contributed by atoms with Crippen LogP contribution in [0.1, 0.15) is 43.4 Å². The number of carbonyl (C=O) groups is 1. The number of amides is 1. The van der Waals surface area contributed by atoms with E-state index in [1.807, 2.05) is 23.9 Å². The number of hydrogen-bond acceptors (Lipinski definition) is 6. The number of carbonyl (C=O) groups excluding carboxylic acids is 1. The maximum atomic E-state index is 13.6. The summed E-state index contributed by atoms with van der Waals surface area (Å²) in [6, 6.07) is 4.20. The first-order valence-electron chi connectivity index (χ1n) is 10.1. The van der Waals surface area contributed by atoms with Crippen molar-refractivity contribution in [1.29, 1.82) is 0 Å². The highest BCUT2D eigenvalue weighted by Crippen LogP contribution is 2.45. The molecule has 1 saturated carbocycles. The largest absolute Gasteiger partial charge is 0.470 e. The maximum Gasteiger partial charge on any atom is 0.257 e. The Morgan fingerprint density at radius 3 is 2.75 bits per heavy atom. The van der Waals surface area contributed by atoms with E-state index < -0.39 is 0 Å². The molecule has 1 unspecified atom stereocenters. The van der Waals surface area contributed by atoms with Gasteiger partial charge in [0.2, 0.25) is 5.91 Å². The molecule has 150 valence electrons. The molecule has 1 aliphatic heterocycles. The van der Waals surface area contributed by atoms with E-state index in [1.165, 1.54) is 4.88 Å². The highest BCUT2D eigenvalue weighted by molar-refractivity contribution is 7.10. The van der Waals surface area contributed by atoms with Crippen molar-refractivity contribution in [3.8, 4) is 5.88 Å². The molecule has 2 aliphatic rings. The SMILES string of the molecule is CN(C)c1nccnc1OC1CCCN(C(=O)C2(c3cccs3)CCCC2)C1. The van der Waals surface area contributed by atoms with Crippen LogP contribution in [0, 0.1) is 0 Å². The van der Waals surface area contributed by atoms with Gasteiger partial charge in [-0.1, -0.05) is 18.9 Å². The fourth-order valence-corrected chi connectivity index (χ4v) is 5.46. The first-order chi connectivity index (χ1) is 13.6. The van der Waals surface area contributed by atoms with E-state index in [4.69, 9.17) is 4.74 Å². The number of ether oxygens (including phenoxy) is 1. The molecular weight excluding hydrogens is 372 g/mol. The topological polar surface area (TPSA) is 58.6 Å². The van der Waals surface area contributed by atoms with Crippen LogP contribution in [-0.2, 0) is 10.2 Å². The molecule has 28 heavy (non-hydrogen) atoms. The molecule has 1 aliphatic carbocycles. The Morgan fingerprint density at radius 2 is 2.04 bits per heavy atom. The van der Waals surface area contributed by atoms with Gasteiger partial charge in [-0.05, 0) is 37.1 Å². The van der Waals surface area contributed by atoms with Gasteiger partial charge in [0.05, 0.1) is 12.0 Å². The predicted octanol–water partition coefficient (Wildman–Crippen LogP) is 3.49. The molecule has 1 saturated heterocycles. The Bertz CT molecular complexity index is 802. The van der Waals surface area contributed by atoms with Gasteiger partial charge in [0.15, 0.2) is 5.82 Å². The summed E-state index contributed by atoms with van der Waals surface area (Å²) in [6.45, 7) is 1.43. The van der Waals surface area contributed by atoms with Crippen molar-refractivity contribution in [2.45, 2.75) is 50.0 Å². The second kappa shape index (κ2) is 8.07. The van der Waals surface area contributed by atoms with Gasteiger partial charge in [-0.3, -0.25) is 4.79 Å². The first-order valence-corrected chi connectivity index (χ1v) is 11.0. The zero-order valence-corrected chi connectivity index (χ0v) is 17.5. The number of rotatable bonds is 5. The maximum absolute atomic E-state index is 13.6. The van der Waals surface area contributed by atoms with E-state index in [2.05, 4.69) is 27.5 Å². The molecule has 0 aromatic carbocycles. The fourth-order valence-electron chi connectivity index (χ4n) is 4.48. The minimum atomic E-state index is -0.322. The molecule has 0 spiro atoms. The van der Waals surface area contributed by atoms with Crippen molar-refractivity contribution in [2.75, 3.05) is 32.1 Å². The molecule has 0 N–H and O–H groups in total. The van der Waals surface area contributed by atoms with Gasteiger partial charge in [-0.25, -0.2) is 9.97 Å². The molecule has 7 heteroatoms. The number of likely N-dealkylation sites (tertiary alicyclic amines) is 1. The number of aromatic nitrogens is 2. The van der Waals surface area contributed by atoms with Crippen molar-refractivity contribution in [3.63, 3.8) is 0 Å². The summed E-state index contributed by atoms with van der Waals surface area (Å²) in [6.07, 6.45) is 9.34. The van der Waals surface area contributed by atoms with Crippen molar-refractivity contribution in [1.82, 2.24) is 14.9 Å². The van der Waals surface area contributed by atoms with E-state index in [1.54, 1.807) is 23.7 Å². The zero-order chi connectivity index (χ0) is 19.6. The Labute approximate surface area is 170 Å². The summed E-state index contributed by atoms with van der Waals surface area (Å²) < 4.78 is 6.21. The molecule has 1 amide bonds. The number of nitrogens with zero attached hydrogens (tertiary/aromatic N) is 4. The molecule has 6 nitrogen and oxygen atoms in total. The van der Waals surface area contributed by atoms with Crippen LogP contribution in [0.2, 0.25) is 0 Å². The third-order valence-electron chi connectivity index (χ3n) is 5.87. The monoisotopic (exact) mass is 400 g/mol. The highest BCUT2D eigenvalue weighted by atomic mass is 32.1. The standard InChI is InChI=1S/C21H28N4O2S/c1-24(2)18-19(23-12-11-22-18)27-16-7-5-13-25(15-16)20(26)21(9-3-4-10-21)17-8-6-14-28-17/h6,8,11-12,14,16H,3-5,7,9-10,13,15H2,1-2H3. The van der Waals surface area contributed by atoms with Crippen molar-refractivity contribution >= 4 is 23.1 Å². The normalized spacial score (nSPS) is 21.5. The van der Waals surface area contributed by atoms with E-state index in [0.717, 1.165) is 50.9 Å². The summed E-state index contributed by atoms with van der Waals surface area (Å²) in [4.78, 5) is 27.5. The summed E-state index contributed by atoms with van der Waals surface area (Å²) in [7, 11) is 3.86. The van der Waals surface area contributed by atoms with Crippen molar-refractivity contribution in [2.24, 2.45) is 0 Å². The smallest absolute Gasteiger partial charge is 0.257 e. The fraction of sp³-hybridized carbons (Fsp3) is 0.571. The molecular formula is C21H28N4O2S. The summed E-state index contributed by atoms with van der Waals surface area (Å²) in [5.74, 6) is 1.55. The third-order valence-corrected chi connectivity index (χ3v) is 6.95. The number of anilines is 1. The quantitative estimate of drug-likeness (QED) is 0.769. The van der Waals surface area contributed by atoms with Gasteiger partial charge in [0, 0.05) is 37.9 Å². The number of thiophene rings is 1. The average Bonchev–Trinajstić information content (AvgIpc) is 3.40. The summed E-state index contributed by atoms with van der Waals surface area (Å²) >= 11 is 1.72. The van der Waals surface area contributed by atoms with Crippen LogP contribution in [0.4, 0.5) is 5.82 Å². The molecule has 2 aromatic rings. The second-order valence-corrected chi connectivity index (χ2v) is 8.93. The van der Waals surface area contributed by atoms with E-state index in [9.17, 15) is 4.79 Å². The van der Waals surface area contributed by atoms with Crippen LogP contribution in [-0.4, -0.2) is 54.1 Å². The minimum absolute atomic E-state index is 0.0464. The Hall–Kier alpha value is -2.15. The molecule has 4 rings (SSSR count). The minimum Gasteiger partial charge on any atom is -0.470 e. The van der Waals surface area contributed by atoms with Crippen LogP contribution in [0.15, 0.2) is 29.9 Å². The van der Waals surface area contributed by atoms with E-state index in [-0.39, 0.29) is 17.4 Å². The van der Waals surface area contributed by atoms with Gasteiger partial charge < -0.3 is 14.5 Å². The molecule has 0 bridgehead atoms. The molecule has 2 aromatic heterocycles. The summed E-state index contributed by atoms with van der Waals surface area (Å²) in [5.41, 5.74) is -0.322. The van der Waals surface area contributed by atoms with E-state index >= 15 is 0 Å². The van der Waals surface area contributed by atoms with E-state index in [0.29, 0.717) is 12.4 Å². The molecule has 2 fully saturated rings. The Balaban J connectivity index is 1.50. The molecule has 3 heterocycles. The van der Waals surface area contributed by atoms with Crippen molar-refractivity contribution < 1.29 is 9.53 Å². The lowest BCUT2D eigenvalue weighted by molar-refractivity contribution is -0.140. The summed E-state index contributed by atoms with van der Waals surface area (Å²) in [5, 5.41) is 2.08. The first kappa shape index (κ1) is 19.2. The van der Waals surface area contributed by atoms with Gasteiger partial charge in [-0.15, -0.1) is 11.3 Å². The Morgan fingerprint density at radius 1 is 1.25 bits per heavy atom. The van der Waals surface area contributed by atoms with Gasteiger partial charge >= 0.3 is 0 Å². The lowest BCUT2D eigenvalue weighted by atomic mass is 9.82. The van der Waals surface area contributed by atoms with Gasteiger partial charge in [0.25, 0.3) is 5.88 Å². The van der Waals surface area contributed by atoms with Crippen LogP contribution >= 0.6 is 11.3 Å². The number of piperidine rings is 1. The number of hydrogen-bond donors (Lipinski definition) is 0. The van der Waals surface area contributed by atoms with Crippen LogP contribution < -0.4 is 9.64 Å². The molecule has 1 atom stereocenters. The highest BCUT2D eigenvalue weighted by Gasteiger charge is 2.46. The van der Waals surface area contributed by atoms with Crippen LogP contribution in [0.3, 0.4) is 0 Å². The van der Waals surface area contributed by atoms with Gasteiger partial charge in [0.1, 0.15) is 6.10 Å². The average molecular weight is 401 g/mol. The third kappa shape index (κ3) is 3.60. The van der Waals surface area contributed by atoms with Crippen molar-refractivity contribution in [3.05, 3.63) is 34.8 Å². The van der Waals surface area contributed by atoms with Crippen LogP contribution in [0.5, 0.6) is 5.88 Å². The lowest BCUT2D eigenvalue weighted by Crippen LogP contribution is -2.51.